The molecule has 0 atom stereocenters. The zero-order chi connectivity index (χ0) is 11.8. The van der Waals surface area contributed by atoms with Gasteiger partial charge in [0.05, 0.1) is 5.69 Å². The molecule has 0 saturated heterocycles. The number of hydrogen-bond acceptors (Lipinski definition) is 4. The first kappa shape index (κ1) is 10.8. The topological polar surface area (TPSA) is 34.2 Å². The molecule has 1 aromatic carbocycles. The van der Waals surface area contributed by atoms with Crippen LogP contribution in [0.5, 0.6) is 11.5 Å². The highest BCUT2D eigenvalue weighted by Gasteiger charge is 2.15. The number of thiazole rings is 1. The predicted molar refractivity (Wildman–Crippen MR) is 70.7 cm³/mol. The molecule has 1 aliphatic heterocycles. The Bertz CT molecular complexity index is 615. The number of aryl methyl sites for hydroxylation is 1. The summed E-state index contributed by atoms with van der Waals surface area (Å²) >= 11 is 6.64. The van der Waals surface area contributed by atoms with Gasteiger partial charge in [-0.15, -0.1) is 11.3 Å². The Morgan fingerprint density at radius 1 is 1.24 bits per heavy atom. The first-order valence-corrected chi connectivity index (χ1v) is 6.61. The second-order valence-corrected chi connectivity index (χ2v) is 5.42. The average Bonchev–Trinajstić information content (AvgIpc) is 2.75. The van der Waals surface area contributed by atoms with Gasteiger partial charge in [-0.2, -0.15) is 0 Å². The van der Waals surface area contributed by atoms with E-state index in [0.717, 1.165) is 32.3 Å². The molecule has 3 rings (SSSR count). The van der Waals surface area contributed by atoms with Crippen LogP contribution >= 0.6 is 23.6 Å². The minimum atomic E-state index is 0.606. The van der Waals surface area contributed by atoms with Gasteiger partial charge in [0.15, 0.2) is 15.5 Å². The lowest BCUT2D eigenvalue weighted by atomic mass is 10.1. The summed E-state index contributed by atoms with van der Waals surface area (Å²) in [6.45, 7) is 3.28. The molecule has 0 spiro atoms. The largest absolute Gasteiger partial charge is 0.486 e. The molecule has 0 amide bonds. The maximum Gasteiger partial charge on any atom is 0.162 e. The van der Waals surface area contributed by atoms with E-state index in [1.54, 1.807) is 0 Å². The molecule has 1 aromatic heterocycles. The summed E-state index contributed by atoms with van der Waals surface area (Å²) in [4.78, 5) is 3.18. The van der Waals surface area contributed by atoms with Gasteiger partial charge in [0.2, 0.25) is 0 Å². The predicted octanol–water partition coefficient (Wildman–Crippen LogP) is 3.55. The van der Waals surface area contributed by atoms with Crippen LogP contribution in [-0.4, -0.2) is 18.2 Å². The van der Waals surface area contributed by atoms with Crippen LogP contribution in [0.25, 0.3) is 11.3 Å². The lowest BCUT2D eigenvalue weighted by Gasteiger charge is -2.20. The fourth-order valence-electron chi connectivity index (χ4n) is 1.89. The standard InChI is InChI=1S/C12H11NO2S2/c1-7-4-10-11(15-3-2-14-10)5-8(7)9-6-17-12(16)13-9/h4-6H,2-3H2,1H3,(H,13,16). The number of fused-ring (bicyclic) bond motifs is 1. The van der Waals surface area contributed by atoms with Crippen LogP contribution in [-0.2, 0) is 0 Å². The summed E-state index contributed by atoms with van der Waals surface area (Å²) in [7, 11) is 0. The molecule has 1 aliphatic rings. The van der Waals surface area contributed by atoms with Crippen LogP contribution in [0.1, 0.15) is 5.56 Å². The van der Waals surface area contributed by atoms with Crippen molar-refractivity contribution in [1.82, 2.24) is 4.98 Å². The van der Waals surface area contributed by atoms with Gasteiger partial charge < -0.3 is 14.5 Å². The summed E-state index contributed by atoms with van der Waals surface area (Å²) in [6.07, 6.45) is 0. The maximum absolute atomic E-state index is 5.59. The highest BCUT2D eigenvalue weighted by molar-refractivity contribution is 7.73. The summed E-state index contributed by atoms with van der Waals surface area (Å²) in [5, 5.41) is 2.03. The third-order valence-electron chi connectivity index (χ3n) is 2.70. The molecule has 5 heteroatoms. The minimum Gasteiger partial charge on any atom is -0.486 e. The van der Waals surface area contributed by atoms with Crippen LogP contribution in [0, 0.1) is 10.9 Å². The number of hydrogen-bond donors (Lipinski definition) is 1. The van der Waals surface area contributed by atoms with Crippen molar-refractivity contribution in [3.05, 3.63) is 27.0 Å². The van der Waals surface area contributed by atoms with E-state index in [1.807, 2.05) is 17.5 Å². The van der Waals surface area contributed by atoms with E-state index < -0.39 is 0 Å². The Labute approximate surface area is 108 Å². The summed E-state index contributed by atoms with van der Waals surface area (Å²) in [6, 6.07) is 4.02. The van der Waals surface area contributed by atoms with Gasteiger partial charge in [0.25, 0.3) is 0 Å². The van der Waals surface area contributed by atoms with E-state index >= 15 is 0 Å². The maximum atomic E-state index is 5.59. The van der Waals surface area contributed by atoms with Crippen LogP contribution in [0.3, 0.4) is 0 Å². The molecule has 0 fully saturated rings. The van der Waals surface area contributed by atoms with E-state index in [9.17, 15) is 0 Å². The summed E-state index contributed by atoms with van der Waals surface area (Å²) in [5.74, 6) is 1.63. The smallest absolute Gasteiger partial charge is 0.162 e. The van der Waals surface area contributed by atoms with E-state index in [0.29, 0.717) is 13.2 Å². The zero-order valence-electron chi connectivity index (χ0n) is 9.28. The van der Waals surface area contributed by atoms with Crippen molar-refractivity contribution in [3.63, 3.8) is 0 Å². The SMILES string of the molecule is Cc1cc2c(cc1-c1csc(=S)[nH]1)OCCO2. The van der Waals surface area contributed by atoms with Crippen molar-refractivity contribution in [1.29, 1.82) is 0 Å². The molecule has 0 radical (unpaired) electrons. The number of nitrogens with one attached hydrogen (secondary N) is 1. The molecule has 0 saturated carbocycles. The van der Waals surface area contributed by atoms with E-state index in [4.69, 9.17) is 21.7 Å². The number of H-pyrrole nitrogens is 1. The van der Waals surface area contributed by atoms with Gasteiger partial charge in [-0.1, -0.05) is 0 Å². The normalized spacial score (nSPS) is 13.7. The molecule has 0 aliphatic carbocycles. The lowest BCUT2D eigenvalue weighted by Crippen LogP contribution is -2.15. The zero-order valence-corrected chi connectivity index (χ0v) is 10.9. The van der Waals surface area contributed by atoms with Crippen molar-refractivity contribution in [2.75, 3.05) is 13.2 Å². The summed E-state index contributed by atoms with van der Waals surface area (Å²) < 4.78 is 11.9. The Morgan fingerprint density at radius 3 is 2.59 bits per heavy atom. The van der Waals surface area contributed by atoms with Gasteiger partial charge in [0.1, 0.15) is 13.2 Å². The fourth-order valence-corrected chi connectivity index (χ4v) is 2.73. The Hall–Kier alpha value is -1.33. The highest BCUT2D eigenvalue weighted by atomic mass is 32.1. The molecule has 2 heterocycles. The van der Waals surface area contributed by atoms with Crippen molar-refractivity contribution in [3.8, 4) is 22.8 Å². The molecule has 3 nitrogen and oxygen atoms in total. The van der Waals surface area contributed by atoms with Crippen LogP contribution < -0.4 is 9.47 Å². The van der Waals surface area contributed by atoms with Crippen molar-refractivity contribution < 1.29 is 9.47 Å². The second kappa shape index (κ2) is 4.16. The molecule has 1 N–H and O–H groups in total. The molecule has 17 heavy (non-hydrogen) atoms. The third kappa shape index (κ3) is 1.96. The van der Waals surface area contributed by atoms with Crippen LogP contribution in [0.2, 0.25) is 0 Å². The monoisotopic (exact) mass is 265 g/mol. The lowest BCUT2D eigenvalue weighted by molar-refractivity contribution is 0.171. The number of aromatic nitrogens is 1. The van der Waals surface area contributed by atoms with E-state index in [1.165, 1.54) is 11.3 Å². The second-order valence-electron chi connectivity index (χ2n) is 3.87. The molecular weight excluding hydrogens is 254 g/mol. The summed E-state index contributed by atoms with van der Waals surface area (Å²) in [5.41, 5.74) is 3.30. The average molecular weight is 265 g/mol. The Balaban J connectivity index is 2.14. The fraction of sp³-hybridized carbons (Fsp3) is 0.250. The van der Waals surface area contributed by atoms with Crippen LogP contribution in [0.15, 0.2) is 17.5 Å². The first-order valence-electron chi connectivity index (χ1n) is 5.32. The molecular formula is C12H11NO2S2. The van der Waals surface area contributed by atoms with Crippen molar-refractivity contribution in [2.24, 2.45) is 0 Å². The van der Waals surface area contributed by atoms with Gasteiger partial charge in [0, 0.05) is 10.9 Å². The Morgan fingerprint density at radius 2 is 1.94 bits per heavy atom. The quantitative estimate of drug-likeness (QED) is 0.801. The van der Waals surface area contributed by atoms with Crippen LogP contribution in [0.4, 0.5) is 0 Å². The van der Waals surface area contributed by atoms with Gasteiger partial charge >= 0.3 is 0 Å². The molecule has 88 valence electrons. The molecule has 0 bridgehead atoms. The van der Waals surface area contributed by atoms with E-state index in [-0.39, 0.29) is 0 Å². The Kier molecular flexibility index (Phi) is 2.64. The number of ether oxygens (including phenoxy) is 2. The van der Waals surface area contributed by atoms with Gasteiger partial charge in [-0.05, 0) is 36.8 Å². The van der Waals surface area contributed by atoms with Crippen molar-refractivity contribution >= 4 is 23.6 Å². The van der Waals surface area contributed by atoms with Crippen molar-refractivity contribution in [2.45, 2.75) is 6.92 Å². The van der Waals surface area contributed by atoms with Gasteiger partial charge in [-0.25, -0.2) is 0 Å². The highest BCUT2D eigenvalue weighted by Crippen LogP contribution is 2.37. The number of benzene rings is 1. The first-order chi connectivity index (χ1) is 8.24. The minimum absolute atomic E-state index is 0.606. The van der Waals surface area contributed by atoms with E-state index in [2.05, 4.69) is 11.9 Å². The number of rotatable bonds is 1. The number of aromatic amines is 1. The van der Waals surface area contributed by atoms with Gasteiger partial charge in [-0.3, -0.25) is 0 Å². The molecule has 2 aromatic rings. The molecule has 0 unspecified atom stereocenters. The third-order valence-corrected chi connectivity index (χ3v) is 3.76.